The summed E-state index contributed by atoms with van der Waals surface area (Å²) in [6.07, 6.45) is 0.856. The number of rotatable bonds is 5. The van der Waals surface area contributed by atoms with E-state index in [2.05, 4.69) is 36.1 Å². The van der Waals surface area contributed by atoms with Crippen LogP contribution in [0.2, 0.25) is 0 Å². The predicted octanol–water partition coefficient (Wildman–Crippen LogP) is 3.74. The molecule has 112 valence electrons. The standard InChI is InChI=1S/C18H24N2O/c1-13-8-9-15(10-14(2)19)11-18(13)21-17-7-5-6-16(12-17)20(3)4/h5-9,11-12,14H,10,19H2,1-4H3. The van der Waals surface area contributed by atoms with E-state index in [1.807, 2.05) is 39.2 Å². The van der Waals surface area contributed by atoms with Crippen molar-refractivity contribution < 1.29 is 4.74 Å². The van der Waals surface area contributed by atoms with E-state index in [4.69, 9.17) is 10.5 Å². The Labute approximate surface area is 127 Å². The van der Waals surface area contributed by atoms with Crippen LogP contribution >= 0.6 is 0 Å². The van der Waals surface area contributed by atoms with Gasteiger partial charge in [0.05, 0.1) is 0 Å². The minimum Gasteiger partial charge on any atom is -0.457 e. The Morgan fingerprint density at radius 1 is 1.14 bits per heavy atom. The molecule has 1 atom stereocenters. The van der Waals surface area contributed by atoms with Gasteiger partial charge in [-0.25, -0.2) is 0 Å². The van der Waals surface area contributed by atoms with Crippen LogP contribution in [-0.4, -0.2) is 20.1 Å². The minimum absolute atomic E-state index is 0.151. The third kappa shape index (κ3) is 4.23. The van der Waals surface area contributed by atoms with Crippen LogP contribution in [-0.2, 0) is 6.42 Å². The SMILES string of the molecule is Cc1ccc(CC(C)N)cc1Oc1cccc(N(C)C)c1. The van der Waals surface area contributed by atoms with Gasteiger partial charge in [-0.2, -0.15) is 0 Å². The molecule has 0 aromatic heterocycles. The Morgan fingerprint density at radius 2 is 1.90 bits per heavy atom. The van der Waals surface area contributed by atoms with Crippen molar-refractivity contribution in [1.82, 2.24) is 0 Å². The lowest BCUT2D eigenvalue weighted by molar-refractivity contribution is 0.478. The number of aryl methyl sites for hydroxylation is 1. The van der Waals surface area contributed by atoms with Crippen molar-refractivity contribution in [1.29, 1.82) is 0 Å². The second-order valence-electron chi connectivity index (χ2n) is 5.78. The van der Waals surface area contributed by atoms with Crippen LogP contribution in [0, 0.1) is 6.92 Å². The largest absolute Gasteiger partial charge is 0.457 e. The van der Waals surface area contributed by atoms with Crippen LogP contribution in [0.5, 0.6) is 11.5 Å². The van der Waals surface area contributed by atoms with Gasteiger partial charge in [0.15, 0.2) is 0 Å². The summed E-state index contributed by atoms with van der Waals surface area (Å²) >= 11 is 0. The molecule has 2 aromatic rings. The third-order valence-electron chi connectivity index (χ3n) is 3.37. The summed E-state index contributed by atoms with van der Waals surface area (Å²) in [5, 5.41) is 0. The molecule has 0 saturated heterocycles. The lowest BCUT2D eigenvalue weighted by Crippen LogP contribution is -2.17. The monoisotopic (exact) mass is 284 g/mol. The molecule has 3 nitrogen and oxygen atoms in total. The van der Waals surface area contributed by atoms with Crippen LogP contribution in [0.25, 0.3) is 0 Å². The van der Waals surface area contributed by atoms with E-state index in [1.54, 1.807) is 0 Å². The zero-order valence-electron chi connectivity index (χ0n) is 13.3. The first-order valence-corrected chi connectivity index (χ1v) is 7.26. The van der Waals surface area contributed by atoms with E-state index < -0.39 is 0 Å². The van der Waals surface area contributed by atoms with Crippen molar-refractivity contribution in [2.24, 2.45) is 5.73 Å². The average molecular weight is 284 g/mol. The number of hydrogen-bond acceptors (Lipinski definition) is 3. The molecular formula is C18H24N2O. The lowest BCUT2D eigenvalue weighted by Gasteiger charge is -2.15. The fraction of sp³-hybridized carbons (Fsp3) is 0.333. The molecule has 2 aromatic carbocycles. The Kier molecular flexibility index (Phi) is 4.86. The molecular weight excluding hydrogens is 260 g/mol. The maximum atomic E-state index is 6.05. The van der Waals surface area contributed by atoms with Gasteiger partial charge in [-0.3, -0.25) is 0 Å². The second-order valence-corrected chi connectivity index (χ2v) is 5.78. The van der Waals surface area contributed by atoms with Crippen molar-refractivity contribution in [3.8, 4) is 11.5 Å². The zero-order chi connectivity index (χ0) is 15.4. The molecule has 0 aliphatic heterocycles. The van der Waals surface area contributed by atoms with E-state index in [0.717, 1.165) is 29.2 Å². The molecule has 0 bridgehead atoms. The van der Waals surface area contributed by atoms with Gasteiger partial charge in [-0.1, -0.05) is 18.2 Å². The van der Waals surface area contributed by atoms with E-state index in [9.17, 15) is 0 Å². The van der Waals surface area contributed by atoms with Crippen LogP contribution in [0.1, 0.15) is 18.1 Å². The van der Waals surface area contributed by atoms with Crippen molar-refractivity contribution in [3.05, 3.63) is 53.6 Å². The van der Waals surface area contributed by atoms with Crippen LogP contribution in [0.3, 0.4) is 0 Å². The first-order valence-electron chi connectivity index (χ1n) is 7.26. The van der Waals surface area contributed by atoms with Gasteiger partial charge < -0.3 is 15.4 Å². The van der Waals surface area contributed by atoms with Gasteiger partial charge >= 0.3 is 0 Å². The highest BCUT2D eigenvalue weighted by Crippen LogP contribution is 2.28. The number of ether oxygens (including phenoxy) is 1. The highest BCUT2D eigenvalue weighted by Gasteiger charge is 2.06. The highest BCUT2D eigenvalue weighted by molar-refractivity contribution is 5.51. The van der Waals surface area contributed by atoms with E-state index in [1.165, 1.54) is 5.56 Å². The van der Waals surface area contributed by atoms with Gasteiger partial charge in [0.1, 0.15) is 11.5 Å². The fourth-order valence-corrected chi connectivity index (χ4v) is 2.21. The summed E-state index contributed by atoms with van der Waals surface area (Å²) in [4.78, 5) is 2.06. The van der Waals surface area contributed by atoms with Gasteiger partial charge in [0, 0.05) is 31.9 Å². The Balaban J connectivity index is 2.24. The maximum Gasteiger partial charge on any atom is 0.130 e. The third-order valence-corrected chi connectivity index (χ3v) is 3.37. The first-order chi connectivity index (χ1) is 9.95. The quantitative estimate of drug-likeness (QED) is 0.909. The molecule has 21 heavy (non-hydrogen) atoms. The molecule has 0 aliphatic carbocycles. The molecule has 2 N–H and O–H groups in total. The normalized spacial score (nSPS) is 12.0. The first kappa shape index (κ1) is 15.4. The summed E-state index contributed by atoms with van der Waals surface area (Å²) in [5.41, 5.74) is 9.32. The minimum atomic E-state index is 0.151. The van der Waals surface area contributed by atoms with Gasteiger partial charge in [0.2, 0.25) is 0 Å². The van der Waals surface area contributed by atoms with Crippen molar-refractivity contribution >= 4 is 5.69 Å². The summed E-state index contributed by atoms with van der Waals surface area (Å²) < 4.78 is 6.05. The predicted molar refractivity (Wildman–Crippen MR) is 89.4 cm³/mol. The molecule has 0 radical (unpaired) electrons. The van der Waals surface area contributed by atoms with E-state index in [0.29, 0.717) is 0 Å². The molecule has 3 heteroatoms. The molecule has 0 aliphatic rings. The summed E-state index contributed by atoms with van der Waals surface area (Å²) in [5.74, 6) is 1.74. The zero-order valence-corrected chi connectivity index (χ0v) is 13.3. The summed E-state index contributed by atoms with van der Waals surface area (Å²) in [6, 6.07) is 14.5. The molecule has 0 spiro atoms. The van der Waals surface area contributed by atoms with E-state index >= 15 is 0 Å². The van der Waals surface area contributed by atoms with Crippen molar-refractivity contribution in [3.63, 3.8) is 0 Å². The van der Waals surface area contributed by atoms with Crippen molar-refractivity contribution in [2.75, 3.05) is 19.0 Å². The number of nitrogens with zero attached hydrogens (tertiary/aromatic N) is 1. The molecule has 2 rings (SSSR count). The molecule has 1 unspecified atom stereocenters. The Bertz CT molecular complexity index is 606. The number of anilines is 1. The number of nitrogens with two attached hydrogens (primary N) is 1. The highest BCUT2D eigenvalue weighted by atomic mass is 16.5. The van der Waals surface area contributed by atoms with Gasteiger partial charge in [-0.15, -0.1) is 0 Å². The topological polar surface area (TPSA) is 38.5 Å². The molecule has 0 fully saturated rings. The Hall–Kier alpha value is -2.00. The second kappa shape index (κ2) is 6.64. The van der Waals surface area contributed by atoms with Crippen LogP contribution in [0.4, 0.5) is 5.69 Å². The summed E-state index contributed by atoms with van der Waals surface area (Å²) in [6.45, 7) is 4.07. The van der Waals surface area contributed by atoms with Gasteiger partial charge in [0.25, 0.3) is 0 Å². The number of hydrogen-bond donors (Lipinski definition) is 1. The lowest BCUT2D eigenvalue weighted by atomic mass is 10.1. The molecule has 0 amide bonds. The van der Waals surface area contributed by atoms with E-state index in [-0.39, 0.29) is 6.04 Å². The van der Waals surface area contributed by atoms with Crippen LogP contribution in [0.15, 0.2) is 42.5 Å². The van der Waals surface area contributed by atoms with Crippen LogP contribution < -0.4 is 15.4 Å². The Morgan fingerprint density at radius 3 is 2.57 bits per heavy atom. The smallest absolute Gasteiger partial charge is 0.130 e. The average Bonchev–Trinajstić information content (AvgIpc) is 2.42. The van der Waals surface area contributed by atoms with Gasteiger partial charge in [-0.05, 0) is 49.6 Å². The fourth-order valence-electron chi connectivity index (χ4n) is 2.21. The molecule has 0 heterocycles. The maximum absolute atomic E-state index is 6.05. The molecule has 0 saturated carbocycles. The van der Waals surface area contributed by atoms with Crippen molar-refractivity contribution in [2.45, 2.75) is 26.3 Å². The summed E-state index contributed by atoms with van der Waals surface area (Å²) in [7, 11) is 4.04. The number of benzene rings is 2.